The Morgan fingerprint density at radius 2 is 2.25 bits per heavy atom. The summed E-state index contributed by atoms with van der Waals surface area (Å²) >= 11 is 2.48. The van der Waals surface area contributed by atoms with E-state index in [9.17, 15) is 9.18 Å². The van der Waals surface area contributed by atoms with Crippen molar-refractivity contribution in [1.82, 2.24) is 30.4 Å². The standard InChI is InChI=1S/C13H12FN7OS2/c1-2-11-16-17-12(24-11)15-10(22)7-23-13-18-19-20-21(13)9-5-3-4-8(14)6-9/h3-6H,2,7H2,1H3,(H,15,17,22). The van der Waals surface area contributed by atoms with Crippen LogP contribution in [0.3, 0.4) is 0 Å². The van der Waals surface area contributed by atoms with Gasteiger partial charge in [0.25, 0.3) is 0 Å². The van der Waals surface area contributed by atoms with Crippen molar-refractivity contribution < 1.29 is 9.18 Å². The van der Waals surface area contributed by atoms with E-state index in [1.54, 1.807) is 12.1 Å². The van der Waals surface area contributed by atoms with E-state index in [-0.39, 0.29) is 17.5 Å². The van der Waals surface area contributed by atoms with Gasteiger partial charge in [0.15, 0.2) is 0 Å². The molecule has 124 valence electrons. The number of aromatic nitrogens is 6. The molecule has 1 amide bonds. The van der Waals surface area contributed by atoms with Crippen molar-refractivity contribution >= 4 is 34.1 Å². The largest absolute Gasteiger partial charge is 0.300 e. The smallest absolute Gasteiger partial charge is 0.236 e. The number of carbonyl (C=O) groups excluding carboxylic acids is 1. The molecule has 2 heterocycles. The lowest BCUT2D eigenvalue weighted by molar-refractivity contribution is -0.113. The Labute approximate surface area is 144 Å². The number of carbonyl (C=O) groups is 1. The van der Waals surface area contributed by atoms with Crippen LogP contribution in [0.2, 0.25) is 0 Å². The third kappa shape index (κ3) is 3.92. The topological polar surface area (TPSA) is 98.5 Å². The third-order valence-electron chi connectivity index (χ3n) is 2.84. The van der Waals surface area contributed by atoms with Gasteiger partial charge in [-0.15, -0.1) is 15.3 Å². The Morgan fingerprint density at radius 1 is 1.38 bits per heavy atom. The number of hydrogen-bond acceptors (Lipinski definition) is 8. The van der Waals surface area contributed by atoms with E-state index in [1.807, 2.05) is 6.92 Å². The average molecular weight is 365 g/mol. The summed E-state index contributed by atoms with van der Waals surface area (Å²) in [6.07, 6.45) is 0.769. The van der Waals surface area contributed by atoms with Crippen LogP contribution in [0.4, 0.5) is 9.52 Å². The van der Waals surface area contributed by atoms with Crippen LogP contribution < -0.4 is 5.32 Å². The molecule has 0 saturated heterocycles. The molecule has 0 radical (unpaired) electrons. The number of rotatable bonds is 6. The van der Waals surface area contributed by atoms with Crippen LogP contribution >= 0.6 is 23.1 Å². The molecule has 0 aliphatic rings. The summed E-state index contributed by atoms with van der Waals surface area (Å²) in [5.74, 6) is -0.538. The van der Waals surface area contributed by atoms with Gasteiger partial charge in [-0.1, -0.05) is 36.1 Å². The maximum absolute atomic E-state index is 13.3. The quantitative estimate of drug-likeness (QED) is 0.667. The van der Waals surface area contributed by atoms with Gasteiger partial charge in [0.1, 0.15) is 10.8 Å². The van der Waals surface area contributed by atoms with Crippen LogP contribution in [-0.2, 0) is 11.2 Å². The number of benzene rings is 1. The zero-order valence-corrected chi connectivity index (χ0v) is 14.1. The highest BCUT2D eigenvalue weighted by Gasteiger charge is 2.13. The molecule has 0 unspecified atom stereocenters. The molecule has 0 saturated carbocycles. The first-order chi connectivity index (χ1) is 11.7. The maximum Gasteiger partial charge on any atom is 0.236 e. The minimum absolute atomic E-state index is 0.0940. The average Bonchev–Trinajstić information content (AvgIpc) is 3.21. The Hall–Kier alpha value is -2.40. The van der Waals surface area contributed by atoms with Gasteiger partial charge in [0.05, 0.1) is 11.4 Å². The van der Waals surface area contributed by atoms with E-state index in [4.69, 9.17) is 0 Å². The lowest BCUT2D eigenvalue weighted by Crippen LogP contribution is -2.14. The normalized spacial score (nSPS) is 10.8. The molecule has 0 bridgehead atoms. The van der Waals surface area contributed by atoms with Crippen LogP contribution in [0, 0.1) is 5.82 Å². The van der Waals surface area contributed by atoms with Crippen molar-refractivity contribution in [2.75, 3.05) is 11.1 Å². The molecule has 1 aromatic carbocycles. The summed E-state index contributed by atoms with van der Waals surface area (Å²) in [5.41, 5.74) is 0.486. The van der Waals surface area contributed by atoms with Crippen LogP contribution in [-0.4, -0.2) is 42.1 Å². The molecule has 11 heteroatoms. The van der Waals surface area contributed by atoms with Gasteiger partial charge in [-0.05, 0) is 35.0 Å². The van der Waals surface area contributed by atoms with E-state index in [1.165, 1.54) is 28.2 Å². The zero-order valence-electron chi connectivity index (χ0n) is 12.5. The van der Waals surface area contributed by atoms with Gasteiger partial charge in [-0.3, -0.25) is 10.1 Å². The van der Waals surface area contributed by atoms with E-state index < -0.39 is 0 Å². The van der Waals surface area contributed by atoms with Crippen molar-refractivity contribution in [3.05, 3.63) is 35.1 Å². The Kier molecular flexibility index (Phi) is 5.11. The molecule has 0 fully saturated rings. The number of amides is 1. The second-order valence-corrected chi connectivity index (χ2v) is 6.55. The minimum Gasteiger partial charge on any atom is -0.300 e. The number of nitrogens with zero attached hydrogens (tertiary/aromatic N) is 6. The molecule has 0 spiro atoms. The highest BCUT2D eigenvalue weighted by molar-refractivity contribution is 7.99. The molecule has 8 nitrogen and oxygen atoms in total. The first-order valence-corrected chi connectivity index (χ1v) is 8.75. The van der Waals surface area contributed by atoms with Gasteiger partial charge in [0.2, 0.25) is 16.2 Å². The van der Waals surface area contributed by atoms with Crippen molar-refractivity contribution in [3.63, 3.8) is 0 Å². The van der Waals surface area contributed by atoms with Crippen molar-refractivity contribution in [2.24, 2.45) is 0 Å². The molecule has 0 atom stereocenters. The molecule has 0 aliphatic heterocycles. The SMILES string of the molecule is CCc1nnc(NC(=O)CSc2nnnn2-c2cccc(F)c2)s1. The number of aryl methyl sites for hydroxylation is 1. The first-order valence-electron chi connectivity index (χ1n) is 6.95. The number of thioether (sulfide) groups is 1. The zero-order chi connectivity index (χ0) is 16.9. The van der Waals surface area contributed by atoms with Crippen LogP contribution in [0.1, 0.15) is 11.9 Å². The number of tetrazole rings is 1. The second-order valence-electron chi connectivity index (χ2n) is 4.54. The van der Waals surface area contributed by atoms with Crippen LogP contribution in [0.15, 0.2) is 29.4 Å². The van der Waals surface area contributed by atoms with Gasteiger partial charge >= 0.3 is 0 Å². The Morgan fingerprint density at radius 3 is 3.00 bits per heavy atom. The monoisotopic (exact) mass is 365 g/mol. The Balaban J connectivity index is 1.63. The number of anilines is 1. The van der Waals surface area contributed by atoms with Gasteiger partial charge < -0.3 is 0 Å². The van der Waals surface area contributed by atoms with E-state index >= 15 is 0 Å². The molecular formula is C13H12FN7OS2. The van der Waals surface area contributed by atoms with Gasteiger partial charge in [0, 0.05) is 0 Å². The summed E-state index contributed by atoms with van der Waals surface area (Å²) in [5, 5.41) is 23.5. The predicted octanol–water partition coefficient (Wildman–Crippen LogP) is 1.95. The maximum atomic E-state index is 13.3. The molecule has 24 heavy (non-hydrogen) atoms. The molecule has 3 aromatic rings. The molecule has 3 rings (SSSR count). The van der Waals surface area contributed by atoms with Crippen molar-refractivity contribution in [3.8, 4) is 5.69 Å². The summed E-state index contributed by atoms with van der Waals surface area (Å²) in [4.78, 5) is 12.0. The fourth-order valence-electron chi connectivity index (χ4n) is 1.77. The van der Waals surface area contributed by atoms with Crippen molar-refractivity contribution in [2.45, 2.75) is 18.5 Å². The van der Waals surface area contributed by atoms with Gasteiger partial charge in [-0.2, -0.15) is 4.68 Å². The minimum atomic E-state index is -0.389. The Bertz CT molecular complexity index is 850. The summed E-state index contributed by atoms with van der Waals surface area (Å²) in [6, 6.07) is 5.89. The lowest BCUT2D eigenvalue weighted by Gasteiger charge is -2.04. The van der Waals surface area contributed by atoms with Crippen molar-refractivity contribution in [1.29, 1.82) is 0 Å². The predicted molar refractivity (Wildman–Crippen MR) is 87.8 cm³/mol. The van der Waals surface area contributed by atoms with Crippen LogP contribution in [0.5, 0.6) is 0 Å². The first kappa shape index (κ1) is 16.5. The fourth-order valence-corrected chi connectivity index (χ4v) is 3.16. The number of halogens is 1. The molecular weight excluding hydrogens is 353 g/mol. The van der Waals surface area contributed by atoms with E-state index in [0.717, 1.165) is 23.2 Å². The lowest BCUT2D eigenvalue weighted by atomic mass is 10.3. The van der Waals surface area contributed by atoms with E-state index in [0.29, 0.717) is 16.0 Å². The second kappa shape index (κ2) is 7.45. The van der Waals surface area contributed by atoms with Crippen LogP contribution in [0.25, 0.3) is 5.69 Å². The van der Waals surface area contributed by atoms with E-state index in [2.05, 4.69) is 31.0 Å². The fraction of sp³-hybridized carbons (Fsp3) is 0.231. The third-order valence-corrected chi connectivity index (χ3v) is 4.74. The highest BCUT2D eigenvalue weighted by atomic mass is 32.2. The summed E-state index contributed by atoms with van der Waals surface area (Å²) in [6.45, 7) is 1.97. The number of nitrogens with one attached hydrogen (secondary N) is 1. The highest BCUT2D eigenvalue weighted by Crippen LogP contribution is 2.20. The van der Waals surface area contributed by atoms with Gasteiger partial charge in [-0.25, -0.2) is 4.39 Å². The summed E-state index contributed by atoms with van der Waals surface area (Å²) < 4.78 is 14.7. The number of hydrogen-bond donors (Lipinski definition) is 1. The summed E-state index contributed by atoms with van der Waals surface area (Å²) in [7, 11) is 0. The molecule has 0 aliphatic carbocycles. The molecule has 1 N–H and O–H groups in total. The molecule has 2 aromatic heterocycles.